The Balaban J connectivity index is 1.39. The van der Waals surface area contributed by atoms with Crippen molar-refractivity contribution in [1.29, 1.82) is 0 Å². The molecule has 156 valence electrons. The number of nitrogens with zero attached hydrogens (tertiary/aromatic N) is 5. The van der Waals surface area contributed by atoms with Crippen molar-refractivity contribution in [3.05, 3.63) is 70.8 Å². The number of amides is 2. The SMILES string of the molecule is Cc1oc(-c2ccc(Cl)cc2)nc1CN1N=N[C@@H]2C(=O)N(c3ccc(F)cc3)C(=O)[C@H]21. The molecule has 0 spiro atoms. The Morgan fingerprint density at radius 2 is 1.77 bits per heavy atom. The predicted molar refractivity (Wildman–Crippen MR) is 109 cm³/mol. The van der Waals surface area contributed by atoms with Gasteiger partial charge in [0, 0.05) is 10.6 Å². The monoisotopic (exact) mass is 439 g/mol. The fourth-order valence-electron chi connectivity index (χ4n) is 3.64. The number of rotatable bonds is 4. The number of benzene rings is 2. The van der Waals surface area contributed by atoms with Crippen LogP contribution in [0.4, 0.5) is 10.1 Å². The summed E-state index contributed by atoms with van der Waals surface area (Å²) in [6.07, 6.45) is 0. The van der Waals surface area contributed by atoms with E-state index >= 15 is 0 Å². The minimum absolute atomic E-state index is 0.143. The molecule has 2 aliphatic rings. The van der Waals surface area contributed by atoms with Crippen LogP contribution in [0.2, 0.25) is 5.02 Å². The third-order valence-electron chi connectivity index (χ3n) is 5.24. The lowest BCUT2D eigenvalue weighted by Crippen LogP contribution is -2.39. The number of aryl methyl sites for hydroxylation is 1. The minimum atomic E-state index is -0.944. The maximum absolute atomic E-state index is 13.2. The minimum Gasteiger partial charge on any atom is -0.441 e. The summed E-state index contributed by atoms with van der Waals surface area (Å²) >= 11 is 5.93. The standard InChI is InChI=1S/C21H15ClFN5O3/c1-11-16(24-19(31-11)12-2-4-13(22)5-3-12)10-27-18-17(25-26-27)20(29)28(21(18)30)15-8-6-14(23)7-9-15/h2-9,17-18H,10H2,1H3/t17-,18-/m0/s1. The van der Waals surface area contributed by atoms with Crippen molar-refractivity contribution < 1.29 is 18.4 Å². The first-order valence-electron chi connectivity index (χ1n) is 9.45. The van der Waals surface area contributed by atoms with Gasteiger partial charge in [-0.15, -0.1) is 0 Å². The molecule has 31 heavy (non-hydrogen) atoms. The Morgan fingerprint density at radius 1 is 1.06 bits per heavy atom. The van der Waals surface area contributed by atoms with Crippen molar-refractivity contribution in [2.45, 2.75) is 25.6 Å². The van der Waals surface area contributed by atoms with Crippen LogP contribution in [0, 0.1) is 12.7 Å². The van der Waals surface area contributed by atoms with Gasteiger partial charge in [0.25, 0.3) is 11.8 Å². The van der Waals surface area contributed by atoms with Crippen LogP contribution in [0.5, 0.6) is 0 Å². The quantitative estimate of drug-likeness (QED) is 0.574. The summed E-state index contributed by atoms with van der Waals surface area (Å²) in [6, 6.07) is 10.4. The highest BCUT2D eigenvalue weighted by molar-refractivity contribution is 6.30. The summed E-state index contributed by atoms with van der Waals surface area (Å²) in [6.45, 7) is 1.91. The summed E-state index contributed by atoms with van der Waals surface area (Å²) in [5, 5.41) is 10.1. The highest BCUT2D eigenvalue weighted by atomic mass is 35.5. The molecule has 0 unspecified atom stereocenters. The average Bonchev–Trinajstić information content (AvgIpc) is 3.40. The first kappa shape index (κ1) is 19.4. The molecule has 1 fully saturated rings. The third kappa shape index (κ3) is 3.27. The first-order chi connectivity index (χ1) is 14.9. The van der Waals surface area contributed by atoms with Crippen molar-refractivity contribution in [3.63, 3.8) is 0 Å². The van der Waals surface area contributed by atoms with E-state index in [-0.39, 0.29) is 6.54 Å². The lowest BCUT2D eigenvalue weighted by molar-refractivity contribution is -0.123. The molecule has 2 aliphatic heterocycles. The molecular formula is C21H15ClFN5O3. The van der Waals surface area contributed by atoms with Crippen LogP contribution in [-0.4, -0.2) is 33.9 Å². The summed E-state index contributed by atoms with van der Waals surface area (Å²) in [5.74, 6) is -0.436. The maximum atomic E-state index is 13.2. The zero-order valence-corrected chi connectivity index (χ0v) is 17.0. The summed E-state index contributed by atoms with van der Waals surface area (Å²) in [4.78, 5) is 31.3. The molecule has 1 saturated heterocycles. The van der Waals surface area contributed by atoms with E-state index in [1.165, 1.54) is 29.3 Å². The molecule has 2 amide bonds. The molecule has 3 aromatic rings. The van der Waals surface area contributed by atoms with Gasteiger partial charge in [0.05, 0.1) is 12.2 Å². The Hall–Kier alpha value is -3.59. The van der Waals surface area contributed by atoms with E-state index in [0.29, 0.717) is 28.1 Å². The molecule has 0 radical (unpaired) electrons. The van der Waals surface area contributed by atoms with Crippen molar-refractivity contribution >= 4 is 29.1 Å². The van der Waals surface area contributed by atoms with E-state index in [1.54, 1.807) is 31.2 Å². The van der Waals surface area contributed by atoms with Gasteiger partial charge in [-0.05, 0) is 55.5 Å². The molecule has 1 aromatic heterocycles. The lowest BCUT2D eigenvalue weighted by atomic mass is 10.1. The van der Waals surface area contributed by atoms with Gasteiger partial charge in [0.15, 0.2) is 12.1 Å². The van der Waals surface area contributed by atoms with Gasteiger partial charge in [0.2, 0.25) is 5.89 Å². The van der Waals surface area contributed by atoms with E-state index < -0.39 is 29.7 Å². The number of fused-ring (bicyclic) bond motifs is 1. The molecule has 2 aromatic carbocycles. The zero-order chi connectivity index (χ0) is 21.7. The number of carbonyl (C=O) groups excluding carboxylic acids is 2. The van der Waals surface area contributed by atoms with Crippen LogP contribution in [0.3, 0.4) is 0 Å². The van der Waals surface area contributed by atoms with E-state index in [1.807, 2.05) is 0 Å². The first-order valence-corrected chi connectivity index (χ1v) is 9.83. The summed E-state index contributed by atoms with van der Waals surface area (Å²) in [5.41, 5.74) is 1.63. The second-order valence-corrected chi connectivity index (χ2v) is 7.65. The van der Waals surface area contributed by atoms with Crippen molar-refractivity contribution in [2.75, 3.05) is 4.90 Å². The van der Waals surface area contributed by atoms with Gasteiger partial charge in [-0.1, -0.05) is 16.8 Å². The predicted octanol–water partition coefficient (Wildman–Crippen LogP) is 3.94. The highest BCUT2D eigenvalue weighted by Gasteiger charge is 2.54. The molecule has 0 bridgehead atoms. The van der Waals surface area contributed by atoms with Crippen LogP contribution in [0.1, 0.15) is 11.5 Å². The summed E-state index contributed by atoms with van der Waals surface area (Å²) < 4.78 is 19.0. The normalized spacial score (nSPS) is 20.1. The Labute approximate surface area is 180 Å². The molecule has 0 saturated carbocycles. The highest BCUT2D eigenvalue weighted by Crippen LogP contribution is 2.33. The molecule has 0 aliphatic carbocycles. The largest absolute Gasteiger partial charge is 0.441 e. The van der Waals surface area contributed by atoms with Crippen LogP contribution in [0.25, 0.3) is 11.5 Å². The topological polar surface area (TPSA) is 91.4 Å². The number of anilines is 1. The number of hydrogen-bond donors (Lipinski definition) is 0. The lowest BCUT2D eigenvalue weighted by Gasteiger charge is -2.19. The number of hydrogen-bond acceptors (Lipinski definition) is 7. The average molecular weight is 440 g/mol. The number of halogens is 2. The molecule has 2 atom stereocenters. The Bertz CT molecular complexity index is 1210. The summed E-state index contributed by atoms with van der Waals surface area (Å²) in [7, 11) is 0. The molecule has 8 nitrogen and oxygen atoms in total. The van der Waals surface area contributed by atoms with Gasteiger partial charge < -0.3 is 4.42 Å². The molecular weight excluding hydrogens is 425 g/mol. The molecule has 5 rings (SSSR count). The van der Waals surface area contributed by atoms with E-state index in [0.717, 1.165) is 10.5 Å². The zero-order valence-electron chi connectivity index (χ0n) is 16.2. The fourth-order valence-corrected chi connectivity index (χ4v) is 3.77. The third-order valence-corrected chi connectivity index (χ3v) is 5.49. The number of aromatic nitrogens is 1. The van der Waals surface area contributed by atoms with Gasteiger partial charge in [-0.25, -0.2) is 14.3 Å². The van der Waals surface area contributed by atoms with E-state index in [4.69, 9.17) is 16.0 Å². The smallest absolute Gasteiger partial charge is 0.263 e. The molecule has 10 heteroatoms. The van der Waals surface area contributed by atoms with Crippen molar-refractivity contribution in [2.24, 2.45) is 10.3 Å². The Morgan fingerprint density at radius 3 is 2.48 bits per heavy atom. The second kappa shape index (κ2) is 7.28. The van der Waals surface area contributed by atoms with E-state index in [2.05, 4.69) is 15.3 Å². The van der Waals surface area contributed by atoms with Crippen molar-refractivity contribution in [1.82, 2.24) is 9.99 Å². The van der Waals surface area contributed by atoms with E-state index in [9.17, 15) is 14.0 Å². The van der Waals surface area contributed by atoms with Crippen LogP contribution in [-0.2, 0) is 16.1 Å². The Kier molecular flexibility index (Phi) is 4.55. The van der Waals surface area contributed by atoms with Gasteiger partial charge in [-0.2, -0.15) is 5.11 Å². The number of oxazole rings is 1. The maximum Gasteiger partial charge on any atom is 0.263 e. The number of imide groups is 1. The van der Waals surface area contributed by atoms with Crippen LogP contribution < -0.4 is 4.90 Å². The van der Waals surface area contributed by atoms with Crippen LogP contribution in [0.15, 0.2) is 63.3 Å². The molecule has 3 heterocycles. The second-order valence-electron chi connectivity index (χ2n) is 7.21. The van der Waals surface area contributed by atoms with Gasteiger partial charge in [-0.3, -0.25) is 14.6 Å². The molecule has 0 N–H and O–H groups in total. The number of carbonyl (C=O) groups is 2. The van der Waals surface area contributed by atoms with Gasteiger partial charge >= 0.3 is 0 Å². The van der Waals surface area contributed by atoms with Gasteiger partial charge in [0.1, 0.15) is 17.3 Å². The van der Waals surface area contributed by atoms with Crippen molar-refractivity contribution in [3.8, 4) is 11.5 Å². The fraction of sp³-hybridized carbons (Fsp3) is 0.190. The van der Waals surface area contributed by atoms with Crippen LogP contribution >= 0.6 is 11.6 Å².